The van der Waals surface area contributed by atoms with Crippen LogP contribution in [0.3, 0.4) is 0 Å². The number of benzene rings is 1. The first kappa shape index (κ1) is 14.4. The topological polar surface area (TPSA) is 60.8 Å². The predicted octanol–water partition coefficient (Wildman–Crippen LogP) is 2.57. The summed E-state index contributed by atoms with van der Waals surface area (Å²) in [7, 11) is 1.22. The van der Waals surface area contributed by atoms with Crippen molar-refractivity contribution in [2.75, 3.05) is 7.11 Å². The van der Waals surface area contributed by atoms with Crippen molar-refractivity contribution >= 4 is 22.6 Å². The third kappa shape index (κ3) is 2.09. The van der Waals surface area contributed by atoms with Crippen molar-refractivity contribution in [2.24, 2.45) is 5.16 Å². The van der Waals surface area contributed by atoms with Gasteiger partial charge in [0.2, 0.25) is 5.60 Å². The van der Waals surface area contributed by atoms with E-state index in [-0.39, 0.29) is 23.2 Å². The van der Waals surface area contributed by atoms with E-state index < -0.39 is 23.2 Å². The van der Waals surface area contributed by atoms with E-state index in [9.17, 15) is 13.6 Å². The van der Waals surface area contributed by atoms with Crippen molar-refractivity contribution < 1.29 is 23.1 Å². The first-order valence-electron chi connectivity index (χ1n) is 6.53. The van der Waals surface area contributed by atoms with Gasteiger partial charge in [0, 0.05) is 23.6 Å². The molecule has 2 heterocycles. The third-order valence-corrected chi connectivity index (χ3v) is 3.57. The molecule has 5 nitrogen and oxygen atoms in total. The Hall–Kier alpha value is -2.57. The number of aromatic nitrogens is 1. The van der Waals surface area contributed by atoms with Crippen molar-refractivity contribution in [1.29, 1.82) is 0 Å². The van der Waals surface area contributed by atoms with Crippen molar-refractivity contribution in [3.05, 3.63) is 41.6 Å². The van der Waals surface area contributed by atoms with E-state index in [4.69, 9.17) is 4.84 Å². The molecule has 2 aromatic rings. The second-order valence-corrected chi connectivity index (χ2v) is 5.16. The highest BCUT2D eigenvalue weighted by Gasteiger charge is 2.44. The van der Waals surface area contributed by atoms with Gasteiger partial charge in [-0.05, 0) is 19.1 Å². The predicted molar refractivity (Wildman–Crippen MR) is 74.3 cm³/mol. The van der Waals surface area contributed by atoms with Crippen LogP contribution in [-0.2, 0) is 14.4 Å². The lowest BCUT2D eigenvalue weighted by Gasteiger charge is -2.17. The first-order valence-corrected chi connectivity index (χ1v) is 6.53. The number of oxime groups is 1. The summed E-state index contributed by atoms with van der Waals surface area (Å²) in [6, 6.07) is 4.67. The lowest BCUT2D eigenvalue weighted by atomic mass is 9.95. The fraction of sp³-hybridized carbons (Fsp3) is 0.267. The number of fused-ring (bicyclic) bond motifs is 1. The Morgan fingerprint density at radius 1 is 1.41 bits per heavy atom. The molecule has 0 N–H and O–H groups in total. The molecule has 1 aromatic carbocycles. The number of methoxy groups -OCH3 is 1. The number of hydrogen-bond donors (Lipinski definition) is 0. The molecule has 1 aliphatic heterocycles. The summed E-state index contributed by atoms with van der Waals surface area (Å²) in [5, 5.41) is 4.16. The zero-order chi connectivity index (χ0) is 15.9. The zero-order valence-electron chi connectivity index (χ0n) is 11.9. The number of esters is 1. The minimum atomic E-state index is -1.34. The van der Waals surface area contributed by atoms with Crippen LogP contribution < -0.4 is 0 Å². The Morgan fingerprint density at radius 2 is 2.18 bits per heavy atom. The van der Waals surface area contributed by atoms with E-state index >= 15 is 0 Å². The Bertz CT molecular complexity index is 807. The second kappa shape index (κ2) is 5.01. The average Bonchev–Trinajstić information content (AvgIpc) is 2.93. The summed E-state index contributed by atoms with van der Waals surface area (Å²) in [5.74, 6) is -2.75. The molecule has 0 spiro atoms. The first-order chi connectivity index (χ1) is 10.5. The summed E-state index contributed by atoms with van der Waals surface area (Å²) in [6.45, 7) is 1.48. The van der Waals surface area contributed by atoms with Crippen LogP contribution in [0.4, 0.5) is 8.78 Å². The Balaban J connectivity index is 2.05. The van der Waals surface area contributed by atoms with E-state index in [0.717, 1.165) is 0 Å². The number of rotatable bonds is 2. The highest BCUT2D eigenvalue weighted by Crippen LogP contribution is 2.31. The van der Waals surface area contributed by atoms with Gasteiger partial charge in [-0.25, -0.2) is 13.6 Å². The Kier molecular flexibility index (Phi) is 3.27. The van der Waals surface area contributed by atoms with Crippen LogP contribution in [0.5, 0.6) is 0 Å². The van der Waals surface area contributed by atoms with Gasteiger partial charge in [-0.15, -0.1) is 0 Å². The maximum atomic E-state index is 14.3. The lowest BCUT2D eigenvalue weighted by molar-refractivity contribution is -0.164. The minimum Gasteiger partial charge on any atom is -0.466 e. The molecule has 1 aromatic heterocycles. The van der Waals surface area contributed by atoms with Gasteiger partial charge in [-0.1, -0.05) is 11.2 Å². The number of carbonyl (C=O) groups is 1. The molecule has 0 radical (unpaired) electrons. The highest BCUT2D eigenvalue weighted by molar-refractivity contribution is 6.06. The van der Waals surface area contributed by atoms with Gasteiger partial charge < -0.3 is 9.57 Å². The van der Waals surface area contributed by atoms with Crippen molar-refractivity contribution in [3.8, 4) is 0 Å². The molecule has 0 bridgehead atoms. The fourth-order valence-electron chi connectivity index (χ4n) is 2.38. The largest absolute Gasteiger partial charge is 0.466 e. The molecular formula is C15H12F2N2O3. The van der Waals surface area contributed by atoms with E-state index in [1.807, 2.05) is 0 Å². The van der Waals surface area contributed by atoms with Crippen LogP contribution in [-0.4, -0.2) is 29.4 Å². The molecule has 0 saturated carbocycles. The minimum absolute atomic E-state index is 0.0121. The van der Waals surface area contributed by atoms with Crippen LogP contribution in [0.15, 0.2) is 29.6 Å². The Morgan fingerprint density at radius 3 is 2.91 bits per heavy atom. The number of nitrogens with zero attached hydrogens (tertiary/aromatic N) is 2. The SMILES string of the molecule is COC(=O)C1(C)CC(c2cc3cccnc3c(F)c2F)=NO1. The normalized spacial score (nSPS) is 20.6. The molecule has 7 heteroatoms. The summed E-state index contributed by atoms with van der Waals surface area (Å²) < 4.78 is 33.0. The van der Waals surface area contributed by atoms with E-state index in [2.05, 4.69) is 14.9 Å². The molecular weight excluding hydrogens is 294 g/mol. The van der Waals surface area contributed by atoms with Crippen molar-refractivity contribution in [2.45, 2.75) is 18.9 Å². The van der Waals surface area contributed by atoms with Crippen LogP contribution >= 0.6 is 0 Å². The van der Waals surface area contributed by atoms with Crippen molar-refractivity contribution in [1.82, 2.24) is 4.98 Å². The van der Waals surface area contributed by atoms with Crippen LogP contribution in [0.1, 0.15) is 18.9 Å². The second-order valence-electron chi connectivity index (χ2n) is 5.16. The number of pyridine rings is 1. The van der Waals surface area contributed by atoms with Gasteiger partial charge in [0.25, 0.3) is 0 Å². The van der Waals surface area contributed by atoms with E-state index in [1.165, 1.54) is 26.3 Å². The molecule has 1 unspecified atom stereocenters. The lowest BCUT2D eigenvalue weighted by Crippen LogP contribution is -2.36. The van der Waals surface area contributed by atoms with Gasteiger partial charge in [-0.2, -0.15) is 0 Å². The standard InChI is InChI=1S/C15H12F2N2O3/c1-15(14(20)21-2)7-10(19-22-15)9-6-8-4-3-5-18-13(8)12(17)11(9)16/h3-6H,7H2,1-2H3. The molecule has 1 atom stereocenters. The van der Waals surface area contributed by atoms with Gasteiger partial charge in [0.15, 0.2) is 11.6 Å². The average molecular weight is 306 g/mol. The van der Waals surface area contributed by atoms with E-state index in [1.54, 1.807) is 12.1 Å². The van der Waals surface area contributed by atoms with Crippen molar-refractivity contribution in [3.63, 3.8) is 0 Å². The number of halogens is 2. The molecule has 0 amide bonds. The summed E-state index contributed by atoms with van der Waals surface area (Å²) in [5.41, 5.74) is -1.30. The molecule has 22 heavy (non-hydrogen) atoms. The van der Waals surface area contributed by atoms with Gasteiger partial charge in [0.1, 0.15) is 5.52 Å². The van der Waals surface area contributed by atoms with Crippen LogP contribution in [0.25, 0.3) is 10.9 Å². The molecule has 0 aliphatic carbocycles. The van der Waals surface area contributed by atoms with E-state index in [0.29, 0.717) is 5.39 Å². The quantitative estimate of drug-likeness (QED) is 0.800. The number of hydrogen-bond acceptors (Lipinski definition) is 5. The monoisotopic (exact) mass is 306 g/mol. The van der Waals surface area contributed by atoms with Crippen LogP contribution in [0, 0.1) is 11.6 Å². The van der Waals surface area contributed by atoms with Gasteiger partial charge >= 0.3 is 5.97 Å². The molecule has 1 aliphatic rings. The maximum absolute atomic E-state index is 14.3. The van der Waals surface area contributed by atoms with Gasteiger partial charge in [0.05, 0.1) is 12.8 Å². The molecule has 0 fully saturated rings. The fourth-order valence-corrected chi connectivity index (χ4v) is 2.38. The van der Waals surface area contributed by atoms with Gasteiger partial charge in [-0.3, -0.25) is 4.98 Å². The maximum Gasteiger partial charge on any atom is 0.353 e. The van der Waals surface area contributed by atoms with Crippen LogP contribution in [0.2, 0.25) is 0 Å². The highest BCUT2D eigenvalue weighted by atomic mass is 19.2. The smallest absolute Gasteiger partial charge is 0.353 e. The number of carbonyl (C=O) groups excluding carboxylic acids is 1. The third-order valence-electron chi connectivity index (χ3n) is 3.57. The number of ether oxygens (including phenoxy) is 1. The molecule has 3 rings (SSSR count). The zero-order valence-corrected chi connectivity index (χ0v) is 11.9. The summed E-state index contributed by atoms with van der Waals surface area (Å²) in [6.07, 6.45) is 1.37. The molecule has 114 valence electrons. The summed E-state index contributed by atoms with van der Waals surface area (Å²) in [4.78, 5) is 20.6. The Labute approximate surface area is 124 Å². The molecule has 0 saturated heterocycles. The summed E-state index contributed by atoms with van der Waals surface area (Å²) >= 11 is 0.